The predicted octanol–water partition coefficient (Wildman–Crippen LogP) is 3.93. The van der Waals surface area contributed by atoms with E-state index >= 15 is 0 Å². The molecule has 2 aliphatic heterocycles. The summed E-state index contributed by atoms with van der Waals surface area (Å²) < 4.78 is 0. The van der Waals surface area contributed by atoms with Gasteiger partial charge in [-0.05, 0) is 56.7 Å². The molecule has 148 valence electrons. The number of carbonyl (C=O) groups excluding carboxylic acids is 1. The highest BCUT2D eigenvalue weighted by Gasteiger charge is 2.30. The molecule has 5 nitrogen and oxygen atoms in total. The lowest BCUT2D eigenvalue weighted by Gasteiger charge is -2.37. The Morgan fingerprint density at radius 2 is 1.71 bits per heavy atom. The molecule has 0 radical (unpaired) electrons. The molecule has 1 aromatic carbocycles. The number of hydrogen-bond acceptors (Lipinski definition) is 4. The largest absolute Gasteiger partial charge is 0.355 e. The molecule has 0 unspecified atom stereocenters. The van der Waals surface area contributed by atoms with Gasteiger partial charge in [0.1, 0.15) is 0 Å². The van der Waals surface area contributed by atoms with Crippen LogP contribution in [0.5, 0.6) is 0 Å². The minimum atomic E-state index is 0.171. The summed E-state index contributed by atoms with van der Waals surface area (Å²) in [6, 6.07) is 12.4. The van der Waals surface area contributed by atoms with Crippen LogP contribution in [-0.2, 0) is 4.79 Å². The Bertz CT molecular complexity index is 804. The number of benzene rings is 1. The summed E-state index contributed by atoms with van der Waals surface area (Å²) in [6.45, 7) is 7.99. The Morgan fingerprint density at radius 1 is 0.964 bits per heavy atom. The summed E-state index contributed by atoms with van der Waals surface area (Å²) in [7, 11) is 0. The van der Waals surface area contributed by atoms with E-state index in [0.29, 0.717) is 5.91 Å². The molecule has 4 rings (SSSR count). The summed E-state index contributed by atoms with van der Waals surface area (Å²) in [5.41, 5.74) is 3.22. The van der Waals surface area contributed by atoms with Gasteiger partial charge in [-0.25, -0.2) is 0 Å². The second-order valence-corrected chi connectivity index (χ2v) is 8.42. The van der Waals surface area contributed by atoms with Gasteiger partial charge in [-0.1, -0.05) is 30.7 Å². The average Bonchev–Trinajstić information content (AvgIpc) is 2.74. The molecule has 0 N–H and O–H groups in total. The summed E-state index contributed by atoms with van der Waals surface area (Å²) in [5, 5.41) is 8.89. The SMILES string of the molecule is Cc1cccc(-c2ccc(N3CCC(C(=O)N4CCC(C)CC4)CC3)nn2)c1. The number of piperidine rings is 2. The van der Waals surface area contributed by atoms with Crippen molar-refractivity contribution in [3.05, 3.63) is 42.0 Å². The van der Waals surface area contributed by atoms with Gasteiger partial charge in [0.2, 0.25) is 5.91 Å². The minimum absolute atomic E-state index is 0.171. The molecule has 0 atom stereocenters. The zero-order valence-electron chi connectivity index (χ0n) is 17.0. The van der Waals surface area contributed by atoms with Crippen molar-refractivity contribution in [2.75, 3.05) is 31.1 Å². The quantitative estimate of drug-likeness (QED) is 0.812. The normalized spacial score (nSPS) is 19.1. The maximum atomic E-state index is 12.8. The van der Waals surface area contributed by atoms with Crippen molar-refractivity contribution in [3.63, 3.8) is 0 Å². The number of aryl methyl sites for hydroxylation is 1. The van der Waals surface area contributed by atoms with E-state index < -0.39 is 0 Å². The van der Waals surface area contributed by atoms with Gasteiger partial charge in [-0.2, -0.15) is 0 Å². The topological polar surface area (TPSA) is 49.3 Å². The Morgan fingerprint density at radius 3 is 2.36 bits per heavy atom. The van der Waals surface area contributed by atoms with E-state index in [4.69, 9.17) is 0 Å². The van der Waals surface area contributed by atoms with Crippen LogP contribution in [0.15, 0.2) is 36.4 Å². The molecule has 3 heterocycles. The lowest BCUT2D eigenvalue weighted by molar-refractivity contribution is -0.137. The summed E-state index contributed by atoms with van der Waals surface area (Å²) in [6.07, 6.45) is 4.11. The highest BCUT2D eigenvalue weighted by Crippen LogP contribution is 2.26. The van der Waals surface area contributed by atoms with Crippen LogP contribution in [0.3, 0.4) is 0 Å². The zero-order chi connectivity index (χ0) is 19.5. The lowest BCUT2D eigenvalue weighted by atomic mass is 9.92. The number of aromatic nitrogens is 2. The van der Waals surface area contributed by atoms with Crippen molar-refractivity contribution in [3.8, 4) is 11.3 Å². The number of amides is 1. The van der Waals surface area contributed by atoms with Gasteiger partial charge in [0.15, 0.2) is 5.82 Å². The standard InChI is InChI=1S/C23H30N4O/c1-17-8-12-27(13-9-17)23(28)19-10-14-26(15-11-19)22-7-6-21(24-25-22)20-5-3-4-18(2)16-20/h3-7,16-17,19H,8-15H2,1-2H3. The Hall–Kier alpha value is -2.43. The maximum absolute atomic E-state index is 12.8. The summed E-state index contributed by atoms with van der Waals surface area (Å²) >= 11 is 0. The molecular weight excluding hydrogens is 348 g/mol. The fraction of sp³-hybridized carbons (Fsp3) is 0.522. The lowest BCUT2D eigenvalue weighted by Crippen LogP contribution is -2.45. The summed E-state index contributed by atoms with van der Waals surface area (Å²) in [4.78, 5) is 17.2. The molecule has 0 bridgehead atoms. The fourth-order valence-corrected chi connectivity index (χ4v) is 4.29. The maximum Gasteiger partial charge on any atom is 0.225 e. The molecule has 5 heteroatoms. The van der Waals surface area contributed by atoms with E-state index in [1.54, 1.807) is 0 Å². The Labute approximate surface area is 167 Å². The van der Waals surface area contributed by atoms with Gasteiger partial charge in [0.05, 0.1) is 5.69 Å². The third-order valence-electron chi connectivity index (χ3n) is 6.23. The van der Waals surface area contributed by atoms with Crippen LogP contribution in [0.4, 0.5) is 5.82 Å². The van der Waals surface area contributed by atoms with Crippen LogP contribution in [0.1, 0.15) is 38.2 Å². The van der Waals surface area contributed by atoms with E-state index in [2.05, 4.69) is 58.1 Å². The van der Waals surface area contributed by atoms with Crippen LogP contribution < -0.4 is 4.90 Å². The van der Waals surface area contributed by atoms with Gasteiger partial charge in [0, 0.05) is 37.7 Å². The van der Waals surface area contributed by atoms with Gasteiger partial charge in [-0.15, -0.1) is 10.2 Å². The average molecular weight is 379 g/mol. The molecular formula is C23H30N4O. The van der Waals surface area contributed by atoms with Crippen LogP contribution >= 0.6 is 0 Å². The second-order valence-electron chi connectivity index (χ2n) is 8.42. The van der Waals surface area contributed by atoms with E-state index in [9.17, 15) is 4.79 Å². The molecule has 2 aliphatic rings. The first-order valence-corrected chi connectivity index (χ1v) is 10.5. The molecule has 2 fully saturated rings. The molecule has 2 aromatic rings. The highest BCUT2D eigenvalue weighted by molar-refractivity contribution is 5.79. The zero-order valence-corrected chi connectivity index (χ0v) is 17.0. The van der Waals surface area contributed by atoms with Crippen molar-refractivity contribution in [1.82, 2.24) is 15.1 Å². The smallest absolute Gasteiger partial charge is 0.225 e. The van der Waals surface area contributed by atoms with Crippen LogP contribution in [0.2, 0.25) is 0 Å². The molecule has 0 spiro atoms. The number of nitrogens with zero attached hydrogens (tertiary/aromatic N) is 4. The van der Waals surface area contributed by atoms with Crippen molar-refractivity contribution >= 4 is 11.7 Å². The van der Waals surface area contributed by atoms with Crippen molar-refractivity contribution in [2.24, 2.45) is 11.8 Å². The van der Waals surface area contributed by atoms with E-state index in [-0.39, 0.29) is 5.92 Å². The predicted molar refractivity (Wildman–Crippen MR) is 112 cm³/mol. The third-order valence-corrected chi connectivity index (χ3v) is 6.23. The van der Waals surface area contributed by atoms with Crippen LogP contribution in [0.25, 0.3) is 11.3 Å². The molecule has 2 saturated heterocycles. The highest BCUT2D eigenvalue weighted by atomic mass is 16.2. The van der Waals surface area contributed by atoms with E-state index in [1.807, 2.05) is 12.1 Å². The minimum Gasteiger partial charge on any atom is -0.355 e. The molecule has 1 amide bonds. The van der Waals surface area contributed by atoms with Gasteiger partial charge < -0.3 is 9.80 Å². The first kappa shape index (κ1) is 18.9. The van der Waals surface area contributed by atoms with Crippen molar-refractivity contribution < 1.29 is 4.79 Å². The monoisotopic (exact) mass is 378 g/mol. The Kier molecular flexibility index (Phi) is 5.60. The number of hydrogen-bond donors (Lipinski definition) is 0. The van der Waals surface area contributed by atoms with Gasteiger partial charge in [0.25, 0.3) is 0 Å². The van der Waals surface area contributed by atoms with Gasteiger partial charge >= 0.3 is 0 Å². The fourth-order valence-electron chi connectivity index (χ4n) is 4.29. The number of anilines is 1. The van der Waals surface area contributed by atoms with E-state index in [0.717, 1.165) is 74.9 Å². The van der Waals surface area contributed by atoms with E-state index in [1.165, 1.54) is 5.56 Å². The van der Waals surface area contributed by atoms with Crippen LogP contribution in [0, 0.1) is 18.8 Å². The van der Waals surface area contributed by atoms with Crippen molar-refractivity contribution in [2.45, 2.75) is 39.5 Å². The van der Waals surface area contributed by atoms with Gasteiger partial charge in [-0.3, -0.25) is 4.79 Å². The molecule has 1 aromatic heterocycles. The second kappa shape index (κ2) is 8.29. The molecule has 28 heavy (non-hydrogen) atoms. The first-order chi connectivity index (χ1) is 13.6. The first-order valence-electron chi connectivity index (χ1n) is 10.5. The number of carbonyl (C=O) groups is 1. The number of rotatable bonds is 3. The van der Waals surface area contributed by atoms with Crippen molar-refractivity contribution in [1.29, 1.82) is 0 Å². The Balaban J connectivity index is 1.34. The summed E-state index contributed by atoms with van der Waals surface area (Å²) in [5.74, 6) is 2.21. The molecule has 0 saturated carbocycles. The molecule has 0 aliphatic carbocycles. The van der Waals surface area contributed by atoms with Crippen LogP contribution in [-0.4, -0.2) is 47.2 Å². The number of likely N-dealkylation sites (tertiary alicyclic amines) is 1. The third kappa shape index (κ3) is 4.18.